The van der Waals surface area contributed by atoms with E-state index in [9.17, 15) is 9.59 Å². The Morgan fingerprint density at radius 2 is 1.83 bits per heavy atom. The molecule has 0 aromatic heterocycles. The van der Waals surface area contributed by atoms with Gasteiger partial charge in [0.2, 0.25) is 0 Å². The van der Waals surface area contributed by atoms with E-state index in [0.717, 1.165) is 11.3 Å². The lowest BCUT2D eigenvalue weighted by atomic mass is 10.1. The van der Waals surface area contributed by atoms with Crippen LogP contribution in [0.3, 0.4) is 0 Å². The number of benzene rings is 2. The predicted molar refractivity (Wildman–Crippen MR) is 97.5 cm³/mol. The van der Waals surface area contributed by atoms with Gasteiger partial charge in [-0.1, -0.05) is 23.7 Å². The van der Waals surface area contributed by atoms with Gasteiger partial charge in [0.25, 0.3) is 0 Å². The highest BCUT2D eigenvalue weighted by molar-refractivity contribution is 9.10. The second kappa shape index (κ2) is 8.70. The molecule has 0 atom stereocenters. The Morgan fingerprint density at radius 3 is 2.46 bits per heavy atom. The Kier molecular flexibility index (Phi) is 6.63. The molecular formula is C17H16BrClN2O3. The summed E-state index contributed by atoms with van der Waals surface area (Å²) in [6, 6.07) is 12.4. The molecule has 0 aliphatic heterocycles. The molecule has 0 bridgehead atoms. The van der Waals surface area contributed by atoms with Crippen molar-refractivity contribution in [2.75, 3.05) is 19.0 Å². The minimum Gasteiger partial charge on any atom is -0.497 e. The Morgan fingerprint density at radius 1 is 1.12 bits per heavy atom. The average molecular weight is 412 g/mol. The summed E-state index contributed by atoms with van der Waals surface area (Å²) in [5.41, 5.74) is 1.53. The summed E-state index contributed by atoms with van der Waals surface area (Å²) >= 11 is 9.14. The zero-order valence-corrected chi connectivity index (χ0v) is 15.3. The highest BCUT2D eigenvalue weighted by Gasteiger charge is 2.13. The fourth-order valence-electron chi connectivity index (χ4n) is 1.95. The van der Waals surface area contributed by atoms with Gasteiger partial charge >= 0.3 is 11.8 Å². The van der Waals surface area contributed by atoms with E-state index in [1.807, 2.05) is 24.3 Å². The molecule has 0 aliphatic rings. The van der Waals surface area contributed by atoms with Crippen molar-refractivity contribution >= 4 is 45.0 Å². The van der Waals surface area contributed by atoms with Crippen molar-refractivity contribution in [3.63, 3.8) is 0 Å². The predicted octanol–water partition coefficient (Wildman–Crippen LogP) is 3.41. The van der Waals surface area contributed by atoms with E-state index in [-0.39, 0.29) is 0 Å². The Bertz CT molecular complexity index is 735. The van der Waals surface area contributed by atoms with Crippen LogP contribution in [0.15, 0.2) is 46.9 Å². The van der Waals surface area contributed by atoms with Crippen molar-refractivity contribution in [3.05, 3.63) is 57.5 Å². The van der Waals surface area contributed by atoms with Crippen LogP contribution in [-0.4, -0.2) is 25.5 Å². The Labute approximate surface area is 153 Å². The molecule has 0 aliphatic carbocycles. The van der Waals surface area contributed by atoms with Crippen LogP contribution in [0.5, 0.6) is 5.75 Å². The van der Waals surface area contributed by atoms with Gasteiger partial charge in [-0.25, -0.2) is 0 Å². The number of hydrogen-bond acceptors (Lipinski definition) is 3. The number of ether oxygens (including phenoxy) is 1. The van der Waals surface area contributed by atoms with Crippen molar-refractivity contribution in [1.82, 2.24) is 5.32 Å². The molecule has 24 heavy (non-hydrogen) atoms. The topological polar surface area (TPSA) is 67.4 Å². The summed E-state index contributed by atoms with van der Waals surface area (Å²) in [6.07, 6.45) is 0.621. The van der Waals surface area contributed by atoms with Gasteiger partial charge in [-0.3, -0.25) is 9.59 Å². The molecule has 0 heterocycles. The van der Waals surface area contributed by atoms with Crippen molar-refractivity contribution in [2.24, 2.45) is 0 Å². The number of hydrogen-bond donors (Lipinski definition) is 2. The highest BCUT2D eigenvalue weighted by atomic mass is 79.9. The SMILES string of the molecule is COc1ccc(CCNC(=O)C(=O)Nc2ccc(Cl)c(Br)c2)cc1. The van der Waals surface area contributed by atoms with E-state index in [1.165, 1.54) is 0 Å². The monoisotopic (exact) mass is 410 g/mol. The molecule has 5 nitrogen and oxygen atoms in total. The Hall–Kier alpha value is -2.05. The van der Waals surface area contributed by atoms with Gasteiger partial charge in [-0.2, -0.15) is 0 Å². The Balaban J connectivity index is 1.80. The standard InChI is InChI=1S/C17H16BrClN2O3/c1-24-13-5-2-11(3-6-13)8-9-20-16(22)17(23)21-12-4-7-15(19)14(18)10-12/h2-7,10H,8-9H2,1H3,(H,20,22)(H,21,23). The quantitative estimate of drug-likeness (QED) is 0.741. The largest absolute Gasteiger partial charge is 0.497 e. The summed E-state index contributed by atoms with van der Waals surface area (Å²) in [5, 5.41) is 5.63. The smallest absolute Gasteiger partial charge is 0.313 e. The van der Waals surface area contributed by atoms with E-state index in [1.54, 1.807) is 25.3 Å². The normalized spacial score (nSPS) is 10.1. The van der Waals surface area contributed by atoms with Gasteiger partial charge in [-0.05, 0) is 58.2 Å². The van der Waals surface area contributed by atoms with Gasteiger partial charge in [0, 0.05) is 16.7 Å². The van der Waals surface area contributed by atoms with Crippen LogP contribution in [0.25, 0.3) is 0 Å². The first-order valence-corrected chi connectivity index (χ1v) is 8.34. The van der Waals surface area contributed by atoms with Gasteiger partial charge in [-0.15, -0.1) is 0 Å². The minimum absolute atomic E-state index is 0.364. The summed E-state index contributed by atoms with van der Waals surface area (Å²) in [7, 11) is 1.60. The van der Waals surface area contributed by atoms with Crippen LogP contribution in [0, 0.1) is 0 Å². The average Bonchev–Trinajstić information content (AvgIpc) is 2.58. The summed E-state index contributed by atoms with van der Waals surface area (Å²) in [4.78, 5) is 23.7. The molecule has 0 fully saturated rings. The number of nitrogens with one attached hydrogen (secondary N) is 2. The zero-order chi connectivity index (χ0) is 17.5. The summed E-state index contributed by atoms with van der Waals surface area (Å²) in [6.45, 7) is 0.364. The van der Waals surface area contributed by atoms with E-state index < -0.39 is 11.8 Å². The fourth-order valence-corrected chi connectivity index (χ4v) is 2.45. The summed E-state index contributed by atoms with van der Waals surface area (Å²) in [5.74, 6) is -0.634. The first kappa shape index (κ1) is 18.3. The fraction of sp³-hybridized carbons (Fsp3) is 0.176. The number of carbonyl (C=O) groups excluding carboxylic acids is 2. The molecule has 2 aromatic rings. The van der Waals surface area contributed by atoms with Crippen LogP contribution < -0.4 is 15.4 Å². The number of methoxy groups -OCH3 is 1. The maximum Gasteiger partial charge on any atom is 0.313 e. The van der Waals surface area contributed by atoms with Crippen molar-refractivity contribution < 1.29 is 14.3 Å². The third kappa shape index (κ3) is 5.25. The van der Waals surface area contributed by atoms with E-state index in [0.29, 0.717) is 28.1 Å². The van der Waals surface area contributed by atoms with Gasteiger partial charge < -0.3 is 15.4 Å². The van der Waals surface area contributed by atoms with E-state index >= 15 is 0 Å². The van der Waals surface area contributed by atoms with Crippen LogP contribution in [0.2, 0.25) is 5.02 Å². The summed E-state index contributed by atoms with van der Waals surface area (Å²) < 4.78 is 5.72. The number of rotatable bonds is 5. The third-order valence-corrected chi connectivity index (χ3v) is 4.46. The molecular weight excluding hydrogens is 396 g/mol. The lowest BCUT2D eigenvalue weighted by molar-refractivity contribution is -0.136. The van der Waals surface area contributed by atoms with Gasteiger partial charge in [0.05, 0.1) is 12.1 Å². The molecule has 0 spiro atoms. The number of halogens is 2. The molecule has 2 amide bonds. The lowest BCUT2D eigenvalue weighted by Gasteiger charge is -2.08. The molecule has 2 aromatic carbocycles. The van der Waals surface area contributed by atoms with Crippen LogP contribution >= 0.6 is 27.5 Å². The molecule has 0 radical (unpaired) electrons. The van der Waals surface area contributed by atoms with E-state index in [4.69, 9.17) is 16.3 Å². The number of anilines is 1. The second-order valence-electron chi connectivity index (χ2n) is 4.94. The molecule has 0 saturated carbocycles. The lowest BCUT2D eigenvalue weighted by Crippen LogP contribution is -2.36. The molecule has 7 heteroatoms. The molecule has 2 rings (SSSR count). The first-order chi connectivity index (χ1) is 11.5. The van der Waals surface area contributed by atoms with Crippen molar-refractivity contribution in [1.29, 1.82) is 0 Å². The molecule has 0 unspecified atom stereocenters. The second-order valence-corrected chi connectivity index (χ2v) is 6.20. The molecule has 126 valence electrons. The van der Waals surface area contributed by atoms with Gasteiger partial charge in [0.1, 0.15) is 5.75 Å². The van der Waals surface area contributed by atoms with Gasteiger partial charge in [0.15, 0.2) is 0 Å². The van der Waals surface area contributed by atoms with Crippen LogP contribution in [0.1, 0.15) is 5.56 Å². The third-order valence-electron chi connectivity index (χ3n) is 3.24. The highest BCUT2D eigenvalue weighted by Crippen LogP contribution is 2.25. The first-order valence-electron chi connectivity index (χ1n) is 7.17. The van der Waals surface area contributed by atoms with Crippen LogP contribution in [-0.2, 0) is 16.0 Å². The van der Waals surface area contributed by atoms with Crippen molar-refractivity contribution in [2.45, 2.75) is 6.42 Å². The van der Waals surface area contributed by atoms with E-state index in [2.05, 4.69) is 26.6 Å². The van der Waals surface area contributed by atoms with Crippen molar-refractivity contribution in [3.8, 4) is 5.75 Å². The number of amides is 2. The molecule has 0 saturated heterocycles. The maximum absolute atomic E-state index is 11.8. The zero-order valence-electron chi connectivity index (χ0n) is 12.9. The maximum atomic E-state index is 11.8. The minimum atomic E-state index is -0.723. The number of carbonyl (C=O) groups is 2. The molecule has 2 N–H and O–H groups in total. The van der Waals surface area contributed by atoms with Crippen LogP contribution in [0.4, 0.5) is 5.69 Å².